The molecule has 1 aromatic heterocycles. The molecule has 2 fully saturated rings. The summed E-state index contributed by atoms with van der Waals surface area (Å²) in [6, 6.07) is 0.912. The minimum atomic E-state index is -3.08. The van der Waals surface area contributed by atoms with E-state index in [2.05, 4.69) is 16.2 Å². The average Bonchev–Trinajstić information content (AvgIpc) is 3.57. The second-order valence-corrected chi connectivity index (χ2v) is 10.6. The minimum absolute atomic E-state index is 0.0462. The Bertz CT molecular complexity index is 1400. The molecular formula is C27H25F3N4O4S. The predicted octanol–water partition coefficient (Wildman–Crippen LogP) is 3.74. The molecule has 1 unspecified atom stereocenters. The lowest BCUT2D eigenvalue weighted by molar-refractivity contribution is -0.140. The summed E-state index contributed by atoms with van der Waals surface area (Å²) in [4.78, 5) is 35.3. The number of fused-ring (bicyclic) bond motifs is 2. The number of amidine groups is 1. The number of hydrogen-bond donors (Lipinski definition) is 2. The van der Waals surface area contributed by atoms with Gasteiger partial charge in [-0.3, -0.25) is 14.7 Å². The molecule has 204 valence electrons. The van der Waals surface area contributed by atoms with Crippen molar-refractivity contribution in [3.8, 4) is 12.3 Å². The molecule has 0 spiro atoms. The Morgan fingerprint density at radius 1 is 1.38 bits per heavy atom. The maximum Gasteiger partial charge on any atom is 0.338 e. The van der Waals surface area contributed by atoms with E-state index in [1.165, 1.54) is 23.5 Å². The first-order valence-electron chi connectivity index (χ1n) is 12.4. The zero-order chi connectivity index (χ0) is 27.9. The molecule has 4 atom stereocenters. The standard InChI is InChI=1S/C27H25F3N4O4S/c1-3-14-9-16(28)5-6-18(14)22-21(26(37)38-4-2)19(32-24(33-22)25-31-7-8-39-25)13-34-17-10-15(11-20(35)36)23(34)27(29,30)12-17/h1,5-9,15,17,22-23H,4,10-13H2,2H3,(H,32,33)(H,35,36)/t15?,17-,22-,23+/m1/s1. The van der Waals surface area contributed by atoms with E-state index in [-0.39, 0.29) is 36.4 Å². The van der Waals surface area contributed by atoms with Crippen molar-refractivity contribution < 1.29 is 32.6 Å². The van der Waals surface area contributed by atoms with Crippen LogP contribution in [-0.2, 0) is 14.3 Å². The SMILES string of the molecule is C#Cc1cc(F)ccc1[C@H]1N=C(c2nccs2)NC(CN2[C@@H]3CC(CC(=O)O)[C@H]2C(F)(F)C3)=C1C(=O)OCC. The van der Waals surface area contributed by atoms with E-state index in [9.17, 15) is 19.1 Å². The number of ether oxygens (including phenoxy) is 1. The number of thiazole rings is 1. The molecule has 8 nitrogen and oxygen atoms in total. The number of alkyl halides is 2. The molecule has 2 bridgehead atoms. The van der Waals surface area contributed by atoms with Crippen molar-refractivity contribution in [3.05, 3.63) is 63.0 Å². The maximum absolute atomic E-state index is 15.0. The first kappa shape index (κ1) is 26.9. The number of terminal acetylenes is 1. The van der Waals surface area contributed by atoms with Gasteiger partial charge in [-0.05, 0) is 37.0 Å². The molecular weight excluding hydrogens is 533 g/mol. The van der Waals surface area contributed by atoms with Crippen LogP contribution < -0.4 is 5.32 Å². The number of rotatable bonds is 8. The molecule has 2 saturated heterocycles. The van der Waals surface area contributed by atoms with Crippen molar-refractivity contribution in [1.82, 2.24) is 15.2 Å². The number of esters is 1. The number of hydrogen-bond acceptors (Lipinski definition) is 8. The van der Waals surface area contributed by atoms with Crippen LogP contribution in [0.1, 0.15) is 48.4 Å². The van der Waals surface area contributed by atoms with Crippen molar-refractivity contribution in [2.75, 3.05) is 13.2 Å². The monoisotopic (exact) mass is 558 g/mol. The molecule has 2 aromatic rings. The lowest BCUT2D eigenvalue weighted by atomic mass is 9.84. The number of benzene rings is 1. The van der Waals surface area contributed by atoms with Gasteiger partial charge in [0.05, 0.1) is 18.2 Å². The Morgan fingerprint density at radius 2 is 2.18 bits per heavy atom. The van der Waals surface area contributed by atoms with Crippen LogP contribution in [0.25, 0.3) is 0 Å². The highest BCUT2D eigenvalue weighted by molar-refractivity contribution is 7.11. The molecule has 0 aliphatic carbocycles. The molecule has 2 N–H and O–H groups in total. The zero-order valence-electron chi connectivity index (χ0n) is 20.9. The number of aliphatic imine (C=N–C) groups is 1. The van der Waals surface area contributed by atoms with Gasteiger partial charge in [0, 0.05) is 48.3 Å². The van der Waals surface area contributed by atoms with E-state index in [4.69, 9.17) is 16.2 Å². The van der Waals surface area contributed by atoms with Crippen molar-refractivity contribution in [1.29, 1.82) is 0 Å². The van der Waals surface area contributed by atoms with E-state index >= 15 is 8.78 Å². The van der Waals surface area contributed by atoms with Gasteiger partial charge in [-0.2, -0.15) is 0 Å². The van der Waals surface area contributed by atoms with E-state index in [1.807, 2.05) is 0 Å². The van der Waals surface area contributed by atoms with E-state index in [1.54, 1.807) is 23.4 Å². The van der Waals surface area contributed by atoms with Gasteiger partial charge in [-0.25, -0.2) is 22.9 Å². The molecule has 3 aliphatic heterocycles. The van der Waals surface area contributed by atoms with Crippen LogP contribution in [-0.4, -0.2) is 63.9 Å². The minimum Gasteiger partial charge on any atom is -0.481 e. The summed E-state index contributed by atoms with van der Waals surface area (Å²) in [5.41, 5.74) is 0.882. The third-order valence-electron chi connectivity index (χ3n) is 7.29. The number of aliphatic carboxylic acids is 1. The van der Waals surface area contributed by atoms with Gasteiger partial charge in [0.2, 0.25) is 0 Å². The summed E-state index contributed by atoms with van der Waals surface area (Å²) in [7, 11) is 0. The Labute approximate surface area is 226 Å². The van der Waals surface area contributed by atoms with E-state index in [0.29, 0.717) is 22.8 Å². The van der Waals surface area contributed by atoms with Crippen LogP contribution >= 0.6 is 11.3 Å². The summed E-state index contributed by atoms with van der Waals surface area (Å²) < 4.78 is 49.5. The lowest BCUT2D eigenvalue weighted by Gasteiger charge is -2.32. The molecule has 39 heavy (non-hydrogen) atoms. The third-order valence-corrected chi connectivity index (χ3v) is 8.07. The van der Waals surface area contributed by atoms with Crippen LogP contribution in [0.5, 0.6) is 0 Å². The third kappa shape index (κ3) is 5.04. The Balaban J connectivity index is 1.62. The molecule has 4 heterocycles. The molecule has 5 rings (SSSR count). The van der Waals surface area contributed by atoms with Gasteiger partial charge in [-0.1, -0.05) is 12.0 Å². The Kier molecular flexibility index (Phi) is 7.22. The highest BCUT2D eigenvalue weighted by atomic mass is 32.1. The fourth-order valence-corrected chi connectivity index (χ4v) is 6.49. The largest absolute Gasteiger partial charge is 0.481 e. The molecule has 0 saturated carbocycles. The van der Waals surface area contributed by atoms with Crippen molar-refractivity contribution in [2.24, 2.45) is 10.9 Å². The number of carbonyl (C=O) groups is 2. The topological polar surface area (TPSA) is 104 Å². The van der Waals surface area contributed by atoms with Gasteiger partial charge in [0.15, 0.2) is 10.8 Å². The predicted molar refractivity (Wildman–Crippen MR) is 137 cm³/mol. The van der Waals surface area contributed by atoms with E-state index in [0.717, 1.165) is 6.07 Å². The smallest absolute Gasteiger partial charge is 0.338 e. The molecule has 0 radical (unpaired) electrons. The normalized spacial score (nSPS) is 25.7. The quantitative estimate of drug-likeness (QED) is 0.376. The van der Waals surface area contributed by atoms with Gasteiger partial charge in [0.25, 0.3) is 5.92 Å². The number of carboxylic acids is 1. The summed E-state index contributed by atoms with van der Waals surface area (Å²) in [5, 5.41) is 14.7. The Morgan fingerprint density at radius 3 is 2.85 bits per heavy atom. The number of aromatic nitrogens is 1. The highest BCUT2D eigenvalue weighted by Crippen LogP contribution is 2.52. The molecule has 0 amide bonds. The van der Waals surface area contributed by atoms with Crippen LogP contribution in [0.2, 0.25) is 0 Å². The fourth-order valence-electron chi connectivity index (χ4n) is 5.90. The summed E-state index contributed by atoms with van der Waals surface area (Å²) >= 11 is 1.28. The van der Waals surface area contributed by atoms with Gasteiger partial charge < -0.3 is 15.2 Å². The second kappa shape index (κ2) is 10.5. The number of carbonyl (C=O) groups excluding carboxylic acids is 1. The first-order valence-corrected chi connectivity index (χ1v) is 13.3. The Hall–Kier alpha value is -3.69. The number of carboxylic acid groups (broad SMARTS) is 1. The van der Waals surface area contributed by atoms with Gasteiger partial charge >= 0.3 is 11.9 Å². The van der Waals surface area contributed by atoms with Gasteiger partial charge in [0.1, 0.15) is 11.9 Å². The zero-order valence-corrected chi connectivity index (χ0v) is 21.7. The molecule has 12 heteroatoms. The average molecular weight is 559 g/mol. The lowest BCUT2D eigenvalue weighted by Crippen LogP contribution is -2.45. The number of nitrogens with one attached hydrogen (secondary N) is 1. The maximum atomic E-state index is 15.0. The van der Waals surface area contributed by atoms with E-state index < -0.39 is 54.1 Å². The molecule has 3 aliphatic rings. The van der Waals surface area contributed by atoms with Crippen LogP contribution in [0.3, 0.4) is 0 Å². The summed E-state index contributed by atoms with van der Waals surface area (Å²) in [5.74, 6) is -3.50. The summed E-state index contributed by atoms with van der Waals surface area (Å²) in [6.45, 7) is 1.57. The molecule has 1 aromatic carbocycles. The fraction of sp³-hybridized carbons (Fsp3) is 0.407. The number of nitrogens with zero attached hydrogens (tertiary/aromatic N) is 3. The van der Waals surface area contributed by atoms with Crippen LogP contribution in [0.4, 0.5) is 13.2 Å². The van der Waals surface area contributed by atoms with Crippen molar-refractivity contribution >= 4 is 29.1 Å². The van der Waals surface area contributed by atoms with Crippen LogP contribution in [0, 0.1) is 24.1 Å². The number of halogens is 3. The first-order chi connectivity index (χ1) is 18.6. The van der Waals surface area contributed by atoms with Crippen molar-refractivity contribution in [2.45, 2.75) is 50.2 Å². The van der Waals surface area contributed by atoms with Crippen molar-refractivity contribution in [3.63, 3.8) is 0 Å². The second-order valence-electron chi connectivity index (χ2n) is 9.66. The summed E-state index contributed by atoms with van der Waals surface area (Å²) in [6.07, 6.45) is 6.78. The highest BCUT2D eigenvalue weighted by Gasteiger charge is 2.62. The van der Waals surface area contributed by atoms with Gasteiger partial charge in [-0.15, -0.1) is 17.8 Å². The van der Waals surface area contributed by atoms with Crippen LogP contribution in [0.15, 0.2) is 46.0 Å².